The predicted molar refractivity (Wildman–Crippen MR) is 106 cm³/mol. The van der Waals surface area contributed by atoms with E-state index < -0.39 is 6.04 Å². The average Bonchev–Trinajstić information content (AvgIpc) is 3.17. The van der Waals surface area contributed by atoms with E-state index in [9.17, 15) is 9.59 Å². The van der Waals surface area contributed by atoms with Gasteiger partial charge in [-0.1, -0.05) is 42.5 Å². The van der Waals surface area contributed by atoms with E-state index in [2.05, 4.69) is 22.8 Å². The van der Waals surface area contributed by atoms with Crippen molar-refractivity contribution in [1.29, 1.82) is 0 Å². The fraction of sp³-hybridized carbons (Fsp3) is 0.364. The molecule has 2 amide bonds. The van der Waals surface area contributed by atoms with E-state index in [4.69, 9.17) is 4.74 Å². The van der Waals surface area contributed by atoms with Crippen molar-refractivity contribution in [3.05, 3.63) is 65.7 Å². The largest absolute Gasteiger partial charge is 0.497 e. The van der Waals surface area contributed by atoms with Crippen molar-refractivity contribution in [3.63, 3.8) is 0 Å². The molecule has 2 aromatic rings. The standard InChI is InChI=1S/C22H25N3O3/c1-28-18-9-7-15(8-10-18)11-19-22(27)25-14-17(12-20(25)21(26)24-19)23-13-16-5-3-2-4-6-16/h2-10,17,19-20,23H,11-14H2,1H3,(H,24,26)/t17-,19-,20-/m0/s1. The molecule has 146 valence electrons. The SMILES string of the molecule is COc1ccc(C[C@@H]2NC(=O)[C@@H]3C[C@H](NCc4ccccc4)CN3C2=O)cc1. The number of fused-ring (bicyclic) bond motifs is 1. The van der Waals surface area contributed by atoms with Crippen molar-refractivity contribution >= 4 is 11.8 Å². The van der Waals surface area contributed by atoms with Crippen molar-refractivity contribution in [2.75, 3.05) is 13.7 Å². The quantitative estimate of drug-likeness (QED) is 0.798. The van der Waals surface area contributed by atoms with E-state index >= 15 is 0 Å². The molecule has 2 aliphatic rings. The topological polar surface area (TPSA) is 70.7 Å². The van der Waals surface area contributed by atoms with Crippen molar-refractivity contribution in [3.8, 4) is 5.75 Å². The summed E-state index contributed by atoms with van der Waals surface area (Å²) in [5.74, 6) is 0.723. The molecule has 0 radical (unpaired) electrons. The summed E-state index contributed by atoms with van der Waals surface area (Å²) in [5, 5.41) is 6.40. The molecule has 0 saturated carbocycles. The molecule has 2 fully saturated rings. The highest BCUT2D eigenvalue weighted by Gasteiger charge is 2.46. The van der Waals surface area contributed by atoms with Gasteiger partial charge >= 0.3 is 0 Å². The Morgan fingerprint density at radius 1 is 1.07 bits per heavy atom. The first-order chi connectivity index (χ1) is 13.6. The van der Waals surface area contributed by atoms with Crippen LogP contribution < -0.4 is 15.4 Å². The second-order valence-electron chi connectivity index (χ2n) is 7.42. The Morgan fingerprint density at radius 3 is 2.54 bits per heavy atom. The van der Waals surface area contributed by atoms with Crippen molar-refractivity contribution in [1.82, 2.24) is 15.5 Å². The average molecular weight is 379 g/mol. The first-order valence-electron chi connectivity index (χ1n) is 9.65. The third-order valence-corrected chi connectivity index (χ3v) is 5.54. The highest BCUT2D eigenvalue weighted by molar-refractivity contribution is 5.97. The number of nitrogens with one attached hydrogen (secondary N) is 2. The molecule has 0 aromatic heterocycles. The van der Waals surface area contributed by atoms with Crippen LogP contribution in [-0.2, 0) is 22.6 Å². The minimum Gasteiger partial charge on any atom is -0.497 e. The van der Waals surface area contributed by atoms with Gasteiger partial charge in [-0.15, -0.1) is 0 Å². The molecule has 6 nitrogen and oxygen atoms in total. The Balaban J connectivity index is 1.38. The summed E-state index contributed by atoms with van der Waals surface area (Å²) in [6.07, 6.45) is 1.14. The van der Waals surface area contributed by atoms with Gasteiger partial charge < -0.3 is 20.3 Å². The lowest BCUT2D eigenvalue weighted by Crippen LogP contribution is -2.61. The number of carbonyl (C=O) groups excluding carboxylic acids is 2. The molecule has 2 aliphatic heterocycles. The Morgan fingerprint density at radius 2 is 1.82 bits per heavy atom. The Bertz CT molecular complexity index is 838. The highest BCUT2D eigenvalue weighted by Crippen LogP contribution is 2.24. The van der Waals surface area contributed by atoms with Crippen LogP contribution in [0.1, 0.15) is 17.5 Å². The summed E-state index contributed by atoms with van der Waals surface area (Å²) in [5.41, 5.74) is 2.19. The van der Waals surface area contributed by atoms with Crippen LogP contribution in [0, 0.1) is 0 Å². The van der Waals surface area contributed by atoms with Crippen LogP contribution in [0.2, 0.25) is 0 Å². The Kier molecular flexibility index (Phi) is 5.30. The fourth-order valence-electron chi connectivity index (χ4n) is 4.00. The van der Waals surface area contributed by atoms with Gasteiger partial charge in [0.15, 0.2) is 0 Å². The zero-order valence-electron chi connectivity index (χ0n) is 15.9. The van der Waals surface area contributed by atoms with Gasteiger partial charge in [0.25, 0.3) is 0 Å². The lowest BCUT2D eigenvalue weighted by atomic mass is 10.0. The second-order valence-corrected chi connectivity index (χ2v) is 7.42. The maximum atomic E-state index is 13.0. The molecule has 2 heterocycles. The van der Waals surface area contributed by atoms with Gasteiger partial charge in [0.1, 0.15) is 17.8 Å². The number of rotatable bonds is 6. The van der Waals surface area contributed by atoms with Crippen LogP contribution in [0.4, 0.5) is 0 Å². The number of hydrogen-bond acceptors (Lipinski definition) is 4. The molecular weight excluding hydrogens is 354 g/mol. The van der Waals surface area contributed by atoms with Gasteiger partial charge in [-0.3, -0.25) is 9.59 Å². The summed E-state index contributed by atoms with van der Waals surface area (Å²) in [6.45, 7) is 1.31. The summed E-state index contributed by atoms with van der Waals surface area (Å²) in [6, 6.07) is 17.0. The molecule has 3 atom stereocenters. The smallest absolute Gasteiger partial charge is 0.246 e. The maximum absolute atomic E-state index is 13.0. The number of hydrogen-bond donors (Lipinski definition) is 2. The van der Waals surface area contributed by atoms with Crippen molar-refractivity contribution in [2.24, 2.45) is 0 Å². The Hall–Kier alpha value is -2.86. The first kappa shape index (κ1) is 18.5. The summed E-state index contributed by atoms with van der Waals surface area (Å²) < 4.78 is 5.17. The minimum atomic E-state index is -0.509. The maximum Gasteiger partial charge on any atom is 0.246 e. The molecule has 2 N–H and O–H groups in total. The van der Waals surface area contributed by atoms with Crippen LogP contribution in [0.3, 0.4) is 0 Å². The molecule has 2 saturated heterocycles. The Labute approximate surface area is 164 Å². The van der Waals surface area contributed by atoms with E-state index in [-0.39, 0.29) is 23.9 Å². The van der Waals surface area contributed by atoms with Gasteiger partial charge in [0.2, 0.25) is 11.8 Å². The second kappa shape index (κ2) is 8.02. The third-order valence-electron chi connectivity index (χ3n) is 5.54. The molecule has 4 rings (SSSR count). The van der Waals surface area contributed by atoms with Gasteiger partial charge in [0, 0.05) is 25.6 Å². The van der Waals surface area contributed by atoms with Crippen LogP contribution in [0.5, 0.6) is 5.75 Å². The van der Waals surface area contributed by atoms with E-state index in [0.29, 0.717) is 19.4 Å². The normalized spacial score (nSPS) is 24.0. The van der Waals surface area contributed by atoms with E-state index in [1.54, 1.807) is 12.0 Å². The van der Waals surface area contributed by atoms with Crippen LogP contribution in [0.15, 0.2) is 54.6 Å². The molecule has 0 spiro atoms. The van der Waals surface area contributed by atoms with Crippen LogP contribution >= 0.6 is 0 Å². The minimum absolute atomic E-state index is 0.00410. The first-order valence-corrected chi connectivity index (χ1v) is 9.65. The molecular formula is C22H25N3O3. The van der Waals surface area contributed by atoms with E-state index in [0.717, 1.165) is 17.9 Å². The highest BCUT2D eigenvalue weighted by atomic mass is 16.5. The van der Waals surface area contributed by atoms with Crippen molar-refractivity contribution in [2.45, 2.75) is 37.5 Å². The summed E-state index contributed by atoms with van der Waals surface area (Å²) >= 11 is 0. The summed E-state index contributed by atoms with van der Waals surface area (Å²) in [4.78, 5) is 27.3. The van der Waals surface area contributed by atoms with Gasteiger partial charge in [0.05, 0.1) is 7.11 Å². The molecule has 2 aromatic carbocycles. The van der Waals surface area contributed by atoms with Crippen LogP contribution in [-0.4, -0.2) is 48.5 Å². The monoisotopic (exact) mass is 379 g/mol. The number of methoxy groups -OCH3 is 1. The summed E-state index contributed by atoms with van der Waals surface area (Å²) in [7, 11) is 1.62. The van der Waals surface area contributed by atoms with Crippen LogP contribution in [0.25, 0.3) is 0 Å². The number of piperazine rings is 1. The number of carbonyl (C=O) groups is 2. The number of ether oxygens (including phenoxy) is 1. The zero-order chi connectivity index (χ0) is 19.5. The number of benzene rings is 2. The molecule has 0 unspecified atom stereocenters. The lowest BCUT2D eigenvalue weighted by molar-refractivity contribution is -0.147. The number of nitrogens with zero attached hydrogens (tertiary/aromatic N) is 1. The van der Waals surface area contributed by atoms with Gasteiger partial charge in [-0.2, -0.15) is 0 Å². The molecule has 28 heavy (non-hydrogen) atoms. The molecule has 0 bridgehead atoms. The zero-order valence-corrected chi connectivity index (χ0v) is 15.9. The lowest BCUT2D eigenvalue weighted by Gasteiger charge is -2.34. The van der Waals surface area contributed by atoms with E-state index in [1.807, 2.05) is 42.5 Å². The molecule has 6 heteroatoms. The van der Waals surface area contributed by atoms with E-state index in [1.165, 1.54) is 5.56 Å². The van der Waals surface area contributed by atoms with Crippen molar-refractivity contribution < 1.29 is 14.3 Å². The predicted octanol–water partition coefficient (Wildman–Crippen LogP) is 1.50. The molecule has 0 aliphatic carbocycles. The fourth-order valence-corrected chi connectivity index (χ4v) is 4.00. The third kappa shape index (κ3) is 3.87. The van der Waals surface area contributed by atoms with Gasteiger partial charge in [-0.25, -0.2) is 0 Å². The number of amides is 2. The van der Waals surface area contributed by atoms with Gasteiger partial charge in [-0.05, 0) is 29.7 Å².